The number of hydrogen-bond acceptors (Lipinski definition) is 4. The number of alkyl halides is 2. The van der Waals surface area contributed by atoms with Gasteiger partial charge in [-0.05, 0) is 0 Å². The minimum atomic E-state index is -2.76. The number of aryl methyl sites for hydroxylation is 1. The number of amides is 3. The largest absolute Gasteiger partial charge is 0.378 e. The van der Waals surface area contributed by atoms with Gasteiger partial charge in [-0.15, -0.1) is 0 Å². The smallest absolute Gasteiger partial charge is 0.325 e. The van der Waals surface area contributed by atoms with Crippen molar-refractivity contribution in [3.63, 3.8) is 0 Å². The Balaban J connectivity index is 1.85. The highest BCUT2D eigenvalue weighted by Gasteiger charge is 2.53. The number of nitrogens with one attached hydrogen (secondary N) is 1. The van der Waals surface area contributed by atoms with Gasteiger partial charge < -0.3 is 10.1 Å². The molecule has 0 bridgehead atoms. The Labute approximate surface area is 118 Å². The van der Waals surface area contributed by atoms with E-state index in [-0.39, 0.29) is 18.7 Å². The number of imide groups is 1. The van der Waals surface area contributed by atoms with Crippen LogP contribution in [0.15, 0.2) is 6.20 Å². The van der Waals surface area contributed by atoms with E-state index in [1.165, 1.54) is 17.9 Å². The fourth-order valence-electron chi connectivity index (χ4n) is 2.68. The highest BCUT2D eigenvalue weighted by molar-refractivity contribution is 6.07. The lowest BCUT2D eigenvalue weighted by Crippen LogP contribution is -2.47. The Morgan fingerprint density at radius 2 is 2.29 bits per heavy atom. The predicted molar refractivity (Wildman–Crippen MR) is 65.4 cm³/mol. The van der Waals surface area contributed by atoms with E-state index in [2.05, 4.69) is 10.4 Å². The summed E-state index contributed by atoms with van der Waals surface area (Å²) in [6, 6.07) is -0.588. The maximum Gasteiger partial charge on any atom is 0.325 e. The van der Waals surface area contributed by atoms with Gasteiger partial charge in [-0.1, -0.05) is 0 Å². The quantitative estimate of drug-likeness (QED) is 0.828. The van der Waals surface area contributed by atoms with E-state index in [0.717, 1.165) is 4.90 Å². The van der Waals surface area contributed by atoms with Crippen LogP contribution in [-0.4, -0.2) is 45.4 Å². The molecule has 3 amide bonds. The third kappa shape index (κ3) is 2.17. The highest BCUT2D eigenvalue weighted by Crippen LogP contribution is 2.29. The van der Waals surface area contributed by atoms with Crippen LogP contribution in [-0.2, 0) is 23.1 Å². The summed E-state index contributed by atoms with van der Waals surface area (Å²) < 4.78 is 32.2. The number of halogens is 2. The molecule has 1 atom stereocenters. The molecule has 3 heterocycles. The van der Waals surface area contributed by atoms with Crippen molar-refractivity contribution in [2.24, 2.45) is 7.05 Å². The normalized spacial score (nSPS) is 25.4. The summed E-state index contributed by atoms with van der Waals surface area (Å²) >= 11 is 0. The van der Waals surface area contributed by atoms with Gasteiger partial charge in [0.25, 0.3) is 12.3 Å². The molecule has 1 N–H and O–H groups in total. The molecule has 21 heavy (non-hydrogen) atoms. The molecular formula is C12H14F2N4O3. The Morgan fingerprint density at radius 1 is 1.52 bits per heavy atom. The maximum atomic E-state index is 12.9. The molecule has 2 fully saturated rings. The average Bonchev–Trinajstić information content (AvgIpc) is 3.07. The number of rotatable bonds is 3. The number of carbonyl (C=O) groups excluding carboxylic acids is 2. The lowest BCUT2D eigenvalue weighted by Gasteiger charge is -2.18. The van der Waals surface area contributed by atoms with Crippen molar-refractivity contribution >= 4 is 11.9 Å². The van der Waals surface area contributed by atoms with Gasteiger partial charge in [-0.25, -0.2) is 13.6 Å². The van der Waals surface area contributed by atoms with E-state index < -0.39 is 29.6 Å². The molecule has 2 aliphatic rings. The summed E-state index contributed by atoms with van der Waals surface area (Å²) in [6.45, 7) is 0.276. The fraction of sp³-hybridized carbons (Fsp3) is 0.583. The van der Waals surface area contributed by atoms with E-state index in [1.54, 1.807) is 0 Å². The molecule has 1 aromatic heterocycles. The number of urea groups is 1. The molecule has 1 spiro atoms. The Kier molecular flexibility index (Phi) is 3.16. The second kappa shape index (κ2) is 4.76. The molecule has 0 aromatic carbocycles. The summed E-state index contributed by atoms with van der Waals surface area (Å²) in [6.07, 6.45) is -0.980. The summed E-state index contributed by atoms with van der Waals surface area (Å²) in [4.78, 5) is 25.3. The third-order valence-corrected chi connectivity index (χ3v) is 3.74. The predicted octanol–water partition coefficient (Wildman–Crippen LogP) is 0.569. The van der Waals surface area contributed by atoms with Crippen molar-refractivity contribution in [2.45, 2.75) is 24.9 Å². The first-order valence-electron chi connectivity index (χ1n) is 6.45. The second-order valence-corrected chi connectivity index (χ2v) is 5.22. The fourth-order valence-corrected chi connectivity index (χ4v) is 2.68. The highest BCUT2D eigenvalue weighted by atomic mass is 19.3. The van der Waals surface area contributed by atoms with Gasteiger partial charge in [0.05, 0.1) is 13.2 Å². The van der Waals surface area contributed by atoms with E-state index in [4.69, 9.17) is 4.74 Å². The lowest BCUT2D eigenvalue weighted by atomic mass is 9.99. The van der Waals surface area contributed by atoms with Gasteiger partial charge in [0.1, 0.15) is 11.2 Å². The zero-order valence-corrected chi connectivity index (χ0v) is 11.3. The topological polar surface area (TPSA) is 76.5 Å². The Hall–Kier alpha value is -2.03. The molecule has 3 rings (SSSR count). The van der Waals surface area contributed by atoms with Gasteiger partial charge in [0.2, 0.25) is 0 Å². The van der Waals surface area contributed by atoms with Crippen LogP contribution in [0.25, 0.3) is 0 Å². The van der Waals surface area contributed by atoms with Gasteiger partial charge in [0.15, 0.2) is 0 Å². The lowest BCUT2D eigenvalue weighted by molar-refractivity contribution is -0.131. The van der Waals surface area contributed by atoms with Crippen molar-refractivity contribution in [1.82, 2.24) is 20.0 Å². The van der Waals surface area contributed by atoms with Crippen molar-refractivity contribution in [3.8, 4) is 0 Å². The maximum absolute atomic E-state index is 12.9. The number of ether oxygens (including phenoxy) is 1. The molecule has 9 heteroatoms. The van der Waals surface area contributed by atoms with E-state index in [9.17, 15) is 18.4 Å². The van der Waals surface area contributed by atoms with Crippen LogP contribution in [0.5, 0.6) is 0 Å². The number of aromatic nitrogens is 2. The van der Waals surface area contributed by atoms with Crippen LogP contribution in [0.2, 0.25) is 0 Å². The summed E-state index contributed by atoms with van der Waals surface area (Å²) in [5, 5.41) is 6.27. The minimum absolute atomic E-state index is 0.114. The number of nitrogens with zero attached hydrogens (tertiary/aromatic N) is 3. The summed E-state index contributed by atoms with van der Waals surface area (Å²) in [5.74, 6) is -0.436. The average molecular weight is 300 g/mol. The van der Waals surface area contributed by atoms with Crippen LogP contribution in [0, 0.1) is 0 Å². The Morgan fingerprint density at radius 3 is 2.90 bits per heavy atom. The standard InChI is InChI=1S/C12H14F2N4O3/c1-17-4-7(8(16-17)9(13)14)5-18-10(19)12(15-11(18)20)2-3-21-6-12/h4,9H,2-3,5-6H2,1H3,(H,15,20). The van der Waals surface area contributed by atoms with E-state index in [1.807, 2.05) is 0 Å². The molecule has 0 aliphatic carbocycles. The molecule has 1 aromatic rings. The monoisotopic (exact) mass is 300 g/mol. The molecule has 2 aliphatic heterocycles. The molecule has 0 saturated carbocycles. The summed E-state index contributed by atoms with van der Waals surface area (Å²) in [5.41, 5.74) is -1.29. The SMILES string of the molecule is Cn1cc(CN2C(=O)NC3(CCOC3)C2=O)c(C(F)F)n1. The molecule has 7 nitrogen and oxygen atoms in total. The Bertz CT molecular complexity index is 595. The van der Waals surface area contributed by atoms with Crippen LogP contribution >= 0.6 is 0 Å². The van der Waals surface area contributed by atoms with Gasteiger partial charge in [-0.3, -0.25) is 14.4 Å². The van der Waals surface area contributed by atoms with Gasteiger partial charge >= 0.3 is 6.03 Å². The molecule has 1 unspecified atom stereocenters. The first kappa shape index (κ1) is 13.9. The van der Waals surface area contributed by atoms with Crippen LogP contribution in [0.3, 0.4) is 0 Å². The van der Waals surface area contributed by atoms with E-state index in [0.29, 0.717) is 13.0 Å². The van der Waals surface area contributed by atoms with Crippen LogP contribution in [0.1, 0.15) is 24.1 Å². The molecule has 0 radical (unpaired) electrons. The van der Waals surface area contributed by atoms with Crippen molar-refractivity contribution in [2.75, 3.05) is 13.2 Å². The molecule has 114 valence electrons. The zero-order valence-electron chi connectivity index (χ0n) is 11.3. The molecule has 2 saturated heterocycles. The molecular weight excluding hydrogens is 286 g/mol. The number of hydrogen-bond donors (Lipinski definition) is 1. The summed E-state index contributed by atoms with van der Waals surface area (Å²) in [7, 11) is 1.51. The van der Waals surface area contributed by atoms with Crippen LogP contribution in [0.4, 0.5) is 13.6 Å². The van der Waals surface area contributed by atoms with Crippen molar-refractivity contribution < 1.29 is 23.1 Å². The minimum Gasteiger partial charge on any atom is -0.378 e. The van der Waals surface area contributed by atoms with Crippen molar-refractivity contribution in [3.05, 3.63) is 17.5 Å². The van der Waals surface area contributed by atoms with Crippen molar-refractivity contribution in [1.29, 1.82) is 0 Å². The van der Waals surface area contributed by atoms with E-state index >= 15 is 0 Å². The first-order valence-corrected chi connectivity index (χ1v) is 6.45. The zero-order chi connectivity index (χ0) is 15.2. The second-order valence-electron chi connectivity index (χ2n) is 5.22. The van der Waals surface area contributed by atoms with Gasteiger partial charge in [0, 0.05) is 31.8 Å². The third-order valence-electron chi connectivity index (χ3n) is 3.74. The first-order chi connectivity index (χ1) is 9.93. The number of carbonyl (C=O) groups is 2. The van der Waals surface area contributed by atoms with Gasteiger partial charge in [-0.2, -0.15) is 5.10 Å². The van der Waals surface area contributed by atoms with Crippen LogP contribution < -0.4 is 5.32 Å².